The third-order valence-electron chi connectivity index (χ3n) is 2.20. The molecule has 0 atom stereocenters. The zero-order chi connectivity index (χ0) is 12.3. The fourth-order valence-corrected chi connectivity index (χ4v) is 2.25. The fraction of sp³-hybridized carbons (Fsp3) is 0.167. The summed E-state index contributed by atoms with van der Waals surface area (Å²) in [7, 11) is 0. The third-order valence-corrected chi connectivity index (χ3v) is 3.09. The maximum atomic E-state index is 11.0. The number of aromatic nitrogens is 1. The molecule has 1 aromatic heterocycles. The van der Waals surface area contributed by atoms with E-state index in [0.29, 0.717) is 16.5 Å². The van der Waals surface area contributed by atoms with Gasteiger partial charge in [0.1, 0.15) is 6.26 Å². The van der Waals surface area contributed by atoms with Crippen LogP contribution in [0.25, 0.3) is 0 Å². The molecule has 0 radical (unpaired) electrons. The van der Waals surface area contributed by atoms with Crippen molar-refractivity contribution in [3.8, 4) is 0 Å². The minimum Gasteiger partial charge on any atom is -0.478 e. The molecule has 0 aliphatic heterocycles. The first kappa shape index (κ1) is 11.7. The van der Waals surface area contributed by atoms with E-state index in [4.69, 9.17) is 9.52 Å². The number of carboxylic acids is 1. The summed E-state index contributed by atoms with van der Waals surface area (Å²) in [5.74, 6) is -0.382. The zero-order valence-electron chi connectivity index (χ0n) is 9.21. The lowest BCUT2D eigenvalue weighted by Gasteiger charge is -2.03. The number of benzene rings is 1. The first-order chi connectivity index (χ1) is 8.16. The van der Waals surface area contributed by atoms with Gasteiger partial charge in [-0.25, -0.2) is 9.78 Å². The van der Waals surface area contributed by atoms with Crippen molar-refractivity contribution in [3.63, 3.8) is 0 Å². The molecule has 0 aliphatic carbocycles. The number of aromatic carboxylic acids is 1. The zero-order valence-corrected chi connectivity index (χ0v) is 10.0. The van der Waals surface area contributed by atoms with Crippen LogP contribution in [0.4, 0.5) is 0 Å². The molecule has 0 amide bonds. The van der Waals surface area contributed by atoms with Crippen LogP contribution in [0.5, 0.6) is 0 Å². The number of nitrogens with zero attached hydrogens (tertiary/aromatic N) is 1. The molecule has 0 bridgehead atoms. The highest BCUT2D eigenvalue weighted by molar-refractivity contribution is 7.98. The minimum atomic E-state index is -0.912. The second kappa shape index (κ2) is 5.05. The molecule has 0 unspecified atom stereocenters. The van der Waals surface area contributed by atoms with E-state index in [1.807, 2.05) is 13.0 Å². The normalized spacial score (nSPS) is 10.4. The van der Waals surface area contributed by atoms with Crippen LogP contribution in [-0.2, 0) is 5.75 Å². The Morgan fingerprint density at radius 1 is 1.47 bits per heavy atom. The van der Waals surface area contributed by atoms with Crippen LogP contribution in [-0.4, -0.2) is 16.1 Å². The van der Waals surface area contributed by atoms with Crippen molar-refractivity contribution in [2.24, 2.45) is 0 Å². The molecule has 5 heteroatoms. The maximum absolute atomic E-state index is 11.0. The van der Waals surface area contributed by atoms with Crippen molar-refractivity contribution in [2.45, 2.75) is 17.9 Å². The van der Waals surface area contributed by atoms with E-state index in [-0.39, 0.29) is 0 Å². The van der Waals surface area contributed by atoms with Gasteiger partial charge >= 0.3 is 5.97 Å². The van der Waals surface area contributed by atoms with Gasteiger partial charge < -0.3 is 9.52 Å². The van der Waals surface area contributed by atoms with E-state index in [9.17, 15) is 4.79 Å². The van der Waals surface area contributed by atoms with Gasteiger partial charge in [0.25, 0.3) is 5.22 Å². The molecule has 1 aromatic carbocycles. The van der Waals surface area contributed by atoms with Crippen LogP contribution in [0.2, 0.25) is 0 Å². The first-order valence-corrected chi connectivity index (χ1v) is 6.01. The van der Waals surface area contributed by atoms with Crippen LogP contribution in [0, 0.1) is 6.92 Å². The highest BCUT2D eigenvalue weighted by Crippen LogP contribution is 2.23. The van der Waals surface area contributed by atoms with Gasteiger partial charge in [-0.1, -0.05) is 30.0 Å². The number of rotatable bonds is 4. The molecule has 2 aromatic rings. The van der Waals surface area contributed by atoms with Gasteiger partial charge in [0, 0.05) is 5.75 Å². The van der Waals surface area contributed by atoms with Crippen molar-refractivity contribution in [2.75, 3.05) is 0 Å². The standard InChI is InChI=1S/C12H11NO3S/c1-8-6-16-12(13-8)17-7-9-4-2-3-5-10(9)11(14)15/h2-6H,7H2,1H3,(H,14,15). The molecule has 1 heterocycles. The van der Waals surface area contributed by atoms with Crippen LogP contribution < -0.4 is 0 Å². The molecular formula is C12H11NO3S. The lowest BCUT2D eigenvalue weighted by molar-refractivity contribution is 0.0696. The molecule has 2 rings (SSSR count). The van der Waals surface area contributed by atoms with Gasteiger partial charge in [-0.15, -0.1) is 0 Å². The fourth-order valence-electron chi connectivity index (χ4n) is 1.39. The molecule has 17 heavy (non-hydrogen) atoms. The van der Waals surface area contributed by atoms with E-state index in [1.165, 1.54) is 11.8 Å². The summed E-state index contributed by atoms with van der Waals surface area (Å²) >= 11 is 1.38. The quantitative estimate of drug-likeness (QED) is 0.844. The molecule has 0 spiro atoms. The summed E-state index contributed by atoms with van der Waals surface area (Å²) in [6, 6.07) is 6.93. The molecule has 88 valence electrons. The SMILES string of the molecule is Cc1coc(SCc2ccccc2C(=O)O)n1. The Bertz CT molecular complexity index is 536. The number of thioether (sulfide) groups is 1. The first-order valence-electron chi connectivity index (χ1n) is 5.03. The Hall–Kier alpha value is -1.75. The summed E-state index contributed by atoms with van der Waals surface area (Å²) in [6.07, 6.45) is 1.57. The molecule has 1 N–H and O–H groups in total. The summed E-state index contributed by atoms with van der Waals surface area (Å²) in [5, 5.41) is 9.58. The van der Waals surface area contributed by atoms with Crippen molar-refractivity contribution >= 4 is 17.7 Å². The van der Waals surface area contributed by atoms with Crippen molar-refractivity contribution in [1.29, 1.82) is 0 Å². The average Bonchev–Trinajstić information content (AvgIpc) is 2.73. The molecule has 0 saturated carbocycles. The number of aryl methyl sites for hydroxylation is 1. The molecule has 0 aliphatic rings. The van der Waals surface area contributed by atoms with Crippen LogP contribution in [0.15, 0.2) is 40.2 Å². The van der Waals surface area contributed by atoms with Gasteiger partial charge in [-0.3, -0.25) is 0 Å². The van der Waals surface area contributed by atoms with Gasteiger partial charge in [0.2, 0.25) is 0 Å². The second-order valence-electron chi connectivity index (χ2n) is 3.51. The van der Waals surface area contributed by atoms with Crippen molar-refractivity contribution in [1.82, 2.24) is 4.98 Å². The molecule has 4 nitrogen and oxygen atoms in total. The Morgan fingerprint density at radius 3 is 2.88 bits per heavy atom. The average molecular weight is 249 g/mol. The Morgan fingerprint density at radius 2 is 2.24 bits per heavy atom. The van der Waals surface area contributed by atoms with E-state index in [2.05, 4.69) is 4.98 Å². The van der Waals surface area contributed by atoms with Gasteiger partial charge in [-0.2, -0.15) is 0 Å². The van der Waals surface area contributed by atoms with Gasteiger partial charge in [-0.05, 0) is 18.6 Å². The summed E-state index contributed by atoms with van der Waals surface area (Å²) in [5.41, 5.74) is 1.91. The second-order valence-corrected chi connectivity index (χ2v) is 4.43. The largest absolute Gasteiger partial charge is 0.478 e. The van der Waals surface area contributed by atoms with Crippen molar-refractivity contribution in [3.05, 3.63) is 47.3 Å². The number of hydrogen-bond donors (Lipinski definition) is 1. The lowest BCUT2D eigenvalue weighted by atomic mass is 10.1. The van der Waals surface area contributed by atoms with Crippen LogP contribution in [0.3, 0.4) is 0 Å². The summed E-state index contributed by atoms with van der Waals surface area (Å²) in [6.45, 7) is 1.85. The number of carbonyl (C=O) groups is 1. The number of oxazole rings is 1. The van der Waals surface area contributed by atoms with E-state index < -0.39 is 5.97 Å². The van der Waals surface area contributed by atoms with E-state index >= 15 is 0 Å². The minimum absolute atomic E-state index is 0.322. The number of carboxylic acid groups (broad SMARTS) is 1. The monoisotopic (exact) mass is 249 g/mol. The van der Waals surface area contributed by atoms with E-state index in [0.717, 1.165) is 11.3 Å². The van der Waals surface area contributed by atoms with Gasteiger partial charge in [0.05, 0.1) is 11.3 Å². The van der Waals surface area contributed by atoms with Crippen LogP contribution in [0.1, 0.15) is 21.6 Å². The topological polar surface area (TPSA) is 63.3 Å². The highest BCUT2D eigenvalue weighted by Gasteiger charge is 2.10. The van der Waals surface area contributed by atoms with E-state index in [1.54, 1.807) is 24.5 Å². The predicted molar refractivity (Wildman–Crippen MR) is 64.2 cm³/mol. The molecule has 0 fully saturated rings. The van der Waals surface area contributed by atoms with Gasteiger partial charge in [0.15, 0.2) is 0 Å². The Labute approximate surface area is 103 Å². The van der Waals surface area contributed by atoms with Crippen molar-refractivity contribution < 1.29 is 14.3 Å². The smallest absolute Gasteiger partial charge is 0.335 e. The Kier molecular flexibility index (Phi) is 3.49. The Balaban J connectivity index is 2.11. The lowest BCUT2D eigenvalue weighted by Crippen LogP contribution is -2.00. The number of hydrogen-bond acceptors (Lipinski definition) is 4. The molecular weight excluding hydrogens is 238 g/mol. The predicted octanol–water partition coefficient (Wildman–Crippen LogP) is 2.97. The highest BCUT2D eigenvalue weighted by atomic mass is 32.2. The summed E-state index contributed by atoms with van der Waals surface area (Å²) < 4.78 is 5.19. The third kappa shape index (κ3) is 2.88. The maximum Gasteiger partial charge on any atom is 0.335 e. The summed E-state index contributed by atoms with van der Waals surface area (Å²) in [4.78, 5) is 15.1. The van der Waals surface area contributed by atoms with Crippen LogP contribution >= 0.6 is 11.8 Å². The molecule has 0 saturated heterocycles.